The van der Waals surface area contributed by atoms with Crippen molar-refractivity contribution >= 4 is 17.9 Å². The molecule has 1 atom stereocenters. The normalized spacial score (nSPS) is 13.0. The minimum absolute atomic E-state index is 0.0928. The summed E-state index contributed by atoms with van der Waals surface area (Å²) in [4.78, 5) is 38.4. The summed E-state index contributed by atoms with van der Waals surface area (Å²) in [6.07, 6.45) is 97.5. The molecule has 1 unspecified atom stereocenters. The van der Waals surface area contributed by atoms with E-state index in [9.17, 15) is 14.4 Å². The summed E-state index contributed by atoms with van der Waals surface area (Å²) in [7, 11) is 0. The van der Waals surface area contributed by atoms with Crippen LogP contribution in [-0.2, 0) is 28.6 Å². The van der Waals surface area contributed by atoms with Crippen LogP contribution in [0.5, 0.6) is 0 Å². The largest absolute Gasteiger partial charge is 0.462 e. The first kappa shape index (κ1) is 77.5. The van der Waals surface area contributed by atoms with E-state index in [4.69, 9.17) is 14.2 Å². The van der Waals surface area contributed by atoms with Crippen LogP contribution in [0.2, 0.25) is 0 Å². The van der Waals surface area contributed by atoms with Crippen molar-refractivity contribution in [3.05, 3.63) is 134 Å². The van der Waals surface area contributed by atoms with Crippen molar-refractivity contribution < 1.29 is 28.6 Å². The summed E-state index contributed by atoms with van der Waals surface area (Å²) in [6.45, 7) is 6.47. The second-order valence-electron chi connectivity index (χ2n) is 22.3. The zero-order valence-corrected chi connectivity index (χ0v) is 53.5. The molecule has 0 heterocycles. The first-order chi connectivity index (χ1) is 40.5. The van der Waals surface area contributed by atoms with Crippen LogP contribution in [0.1, 0.15) is 310 Å². The molecule has 0 aliphatic rings. The number of carbonyl (C=O) groups is 3. The molecule has 0 fully saturated rings. The van der Waals surface area contributed by atoms with Gasteiger partial charge in [0.25, 0.3) is 0 Å². The van der Waals surface area contributed by atoms with Crippen LogP contribution in [0.4, 0.5) is 0 Å². The van der Waals surface area contributed by atoms with Crippen LogP contribution in [0.15, 0.2) is 134 Å². The molecule has 0 N–H and O–H groups in total. The maximum absolute atomic E-state index is 12.9. The van der Waals surface area contributed by atoms with Gasteiger partial charge < -0.3 is 14.2 Å². The third-order valence-electron chi connectivity index (χ3n) is 14.4. The molecule has 0 spiro atoms. The molecular weight excluding hydrogens is 1010 g/mol. The summed E-state index contributed by atoms with van der Waals surface area (Å²) in [5, 5.41) is 0. The standard InChI is InChI=1S/C76H126O6/c1-4-7-10-13-16-19-22-25-28-30-32-33-34-35-36-37-38-39-40-41-42-43-45-46-48-51-54-57-60-63-66-69-75(78)81-72-73(71-80-74(77)68-65-62-59-56-53-50-27-24-21-18-15-12-9-6-3)82-76(79)70-67-64-61-58-55-52-49-47-44-31-29-26-23-20-17-14-11-8-5-2/h7,10,15-16,18-19,24-29,32-33,35-36,38-39,41-42,45-46,73H,4-6,8-9,11-14,17,20-23,30-31,34,37,40,43-44,47-72H2,1-3H3/b10-7-,18-15-,19-16-,27-24-,28-25-,29-26-,33-32-,36-35-,39-38-,42-41-,46-45-. The van der Waals surface area contributed by atoms with E-state index in [1.54, 1.807) is 0 Å². The quantitative estimate of drug-likeness (QED) is 0.0261. The number of hydrogen-bond acceptors (Lipinski definition) is 6. The lowest BCUT2D eigenvalue weighted by molar-refractivity contribution is -0.167. The van der Waals surface area contributed by atoms with Gasteiger partial charge in [0.1, 0.15) is 13.2 Å². The molecule has 0 aromatic heterocycles. The fraction of sp³-hybridized carbons (Fsp3) is 0.671. The summed E-state index contributed by atoms with van der Waals surface area (Å²) in [6, 6.07) is 0. The number of esters is 3. The lowest BCUT2D eigenvalue weighted by Gasteiger charge is -2.18. The van der Waals surface area contributed by atoms with Gasteiger partial charge in [0.15, 0.2) is 6.10 Å². The van der Waals surface area contributed by atoms with Gasteiger partial charge in [0.05, 0.1) is 0 Å². The van der Waals surface area contributed by atoms with E-state index in [0.717, 1.165) is 148 Å². The Balaban J connectivity index is 4.36. The van der Waals surface area contributed by atoms with Crippen molar-refractivity contribution in [1.82, 2.24) is 0 Å². The van der Waals surface area contributed by atoms with Gasteiger partial charge in [0, 0.05) is 19.3 Å². The smallest absolute Gasteiger partial charge is 0.306 e. The lowest BCUT2D eigenvalue weighted by Crippen LogP contribution is -2.30. The van der Waals surface area contributed by atoms with Crippen molar-refractivity contribution in [2.24, 2.45) is 0 Å². The zero-order chi connectivity index (χ0) is 59.2. The van der Waals surface area contributed by atoms with E-state index in [-0.39, 0.29) is 31.1 Å². The molecule has 0 rings (SSSR count). The molecule has 0 aromatic carbocycles. The third-order valence-corrected chi connectivity index (χ3v) is 14.4. The molecule has 0 aliphatic heterocycles. The number of unbranched alkanes of at least 4 members (excludes halogenated alkanes) is 28. The molecule has 0 radical (unpaired) electrons. The number of rotatable bonds is 61. The van der Waals surface area contributed by atoms with Crippen molar-refractivity contribution in [2.45, 2.75) is 316 Å². The second kappa shape index (κ2) is 69.0. The number of carbonyl (C=O) groups excluding carboxylic acids is 3. The highest BCUT2D eigenvalue weighted by Crippen LogP contribution is 2.15. The first-order valence-corrected chi connectivity index (χ1v) is 34.2. The maximum atomic E-state index is 12.9. The molecule has 0 bridgehead atoms. The van der Waals surface area contributed by atoms with E-state index in [1.807, 2.05) is 0 Å². The maximum Gasteiger partial charge on any atom is 0.306 e. The number of ether oxygens (including phenoxy) is 3. The predicted octanol–water partition coefficient (Wildman–Crippen LogP) is 23.7. The van der Waals surface area contributed by atoms with Crippen molar-refractivity contribution in [2.75, 3.05) is 13.2 Å². The van der Waals surface area contributed by atoms with E-state index >= 15 is 0 Å². The number of hydrogen-bond donors (Lipinski definition) is 0. The zero-order valence-electron chi connectivity index (χ0n) is 53.5. The molecule has 0 aromatic rings. The van der Waals surface area contributed by atoms with Crippen LogP contribution in [0, 0.1) is 0 Å². The Morgan fingerprint density at radius 3 is 0.793 bits per heavy atom. The Bertz CT molecular complexity index is 1730. The summed E-state index contributed by atoms with van der Waals surface area (Å²) < 4.78 is 16.9. The summed E-state index contributed by atoms with van der Waals surface area (Å²) in [5.74, 6) is -0.916. The summed E-state index contributed by atoms with van der Waals surface area (Å²) >= 11 is 0. The molecule has 82 heavy (non-hydrogen) atoms. The van der Waals surface area contributed by atoms with Crippen LogP contribution in [0.3, 0.4) is 0 Å². The van der Waals surface area contributed by atoms with Gasteiger partial charge in [-0.2, -0.15) is 0 Å². The average molecular weight is 1140 g/mol. The molecule has 0 saturated heterocycles. The van der Waals surface area contributed by atoms with Crippen molar-refractivity contribution in [1.29, 1.82) is 0 Å². The molecular formula is C76H126O6. The van der Waals surface area contributed by atoms with Gasteiger partial charge >= 0.3 is 17.9 Å². The monoisotopic (exact) mass is 1130 g/mol. The highest BCUT2D eigenvalue weighted by atomic mass is 16.6. The molecule has 6 heteroatoms. The van der Waals surface area contributed by atoms with E-state index in [0.29, 0.717) is 19.3 Å². The van der Waals surface area contributed by atoms with Crippen LogP contribution in [-0.4, -0.2) is 37.2 Å². The van der Waals surface area contributed by atoms with E-state index in [1.165, 1.54) is 122 Å². The summed E-state index contributed by atoms with van der Waals surface area (Å²) in [5.41, 5.74) is 0. The van der Waals surface area contributed by atoms with Crippen LogP contribution < -0.4 is 0 Å². The van der Waals surface area contributed by atoms with Gasteiger partial charge in [-0.15, -0.1) is 0 Å². The number of allylic oxidation sites excluding steroid dienone is 22. The van der Waals surface area contributed by atoms with Crippen molar-refractivity contribution in [3.63, 3.8) is 0 Å². The van der Waals surface area contributed by atoms with Gasteiger partial charge in [-0.05, 0) is 135 Å². The third kappa shape index (κ3) is 66.4. The highest BCUT2D eigenvalue weighted by molar-refractivity contribution is 5.71. The first-order valence-electron chi connectivity index (χ1n) is 34.2. The fourth-order valence-electron chi connectivity index (χ4n) is 9.24. The van der Waals surface area contributed by atoms with E-state index < -0.39 is 6.10 Å². The topological polar surface area (TPSA) is 78.9 Å². The van der Waals surface area contributed by atoms with E-state index in [2.05, 4.69) is 154 Å². The van der Waals surface area contributed by atoms with Gasteiger partial charge in [-0.3, -0.25) is 14.4 Å². The predicted molar refractivity (Wildman–Crippen MR) is 357 cm³/mol. The van der Waals surface area contributed by atoms with Crippen molar-refractivity contribution in [3.8, 4) is 0 Å². The van der Waals surface area contributed by atoms with Gasteiger partial charge in [-0.1, -0.05) is 289 Å². The SMILES string of the molecule is CC/C=C\C/C=C\C/C=C\C/C=C\C/C=C\C/C=C\C/C=C\C/C=C\CCCCCCCCC(=O)OCC(COC(=O)CCCCCCC/C=C\C/C=C\CCCC)OC(=O)CCCCCCCCCCC/C=C\CCCCCCCC. The van der Waals surface area contributed by atoms with Gasteiger partial charge in [0.2, 0.25) is 0 Å². The fourth-order valence-corrected chi connectivity index (χ4v) is 9.24. The molecule has 0 saturated carbocycles. The molecule has 0 amide bonds. The Morgan fingerprint density at radius 1 is 0.256 bits per heavy atom. The Labute approximate surface area is 506 Å². The molecule has 6 nitrogen and oxygen atoms in total. The highest BCUT2D eigenvalue weighted by Gasteiger charge is 2.19. The minimum atomic E-state index is -0.797. The lowest BCUT2D eigenvalue weighted by atomic mass is 10.1. The Kier molecular flexibility index (Phi) is 65.3. The van der Waals surface area contributed by atoms with Gasteiger partial charge in [-0.25, -0.2) is 0 Å². The second-order valence-corrected chi connectivity index (χ2v) is 22.3. The molecule has 466 valence electrons. The molecule has 0 aliphatic carbocycles. The Morgan fingerprint density at radius 2 is 0.488 bits per heavy atom. The Hall–Kier alpha value is -4.45. The van der Waals surface area contributed by atoms with Crippen LogP contribution >= 0.6 is 0 Å². The average Bonchev–Trinajstić information content (AvgIpc) is 3.47. The minimum Gasteiger partial charge on any atom is -0.462 e. The van der Waals surface area contributed by atoms with Crippen LogP contribution in [0.25, 0.3) is 0 Å².